The van der Waals surface area contributed by atoms with Gasteiger partial charge in [-0.25, -0.2) is 0 Å². The Morgan fingerprint density at radius 2 is 1.84 bits per heavy atom. The number of piperazine rings is 1. The van der Waals surface area contributed by atoms with Gasteiger partial charge in [-0.1, -0.05) is 24.3 Å². The molecule has 1 aromatic heterocycles. The summed E-state index contributed by atoms with van der Waals surface area (Å²) < 4.78 is 0. The fourth-order valence-corrected chi connectivity index (χ4v) is 3.25. The van der Waals surface area contributed by atoms with Gasteiger partial charge in [-0.3, -0.25) is 5.10 Å². The number of aromatic nitrogens is 2. The molecule has 0 atom stereocenters. The lowest BCUT2D eigenvalue weighted by atomic mass is 10.1. The number of H-pyrrole nitrogens is 1. The fraction of sp³-hybridized carbons (Fsp3) is 0.250. The van der Waals surface area contributed by atoms with Gasteiger partial charge < -0.3 is 15.5 Å². The molecule has 1 fully saturated rings. The summed E-state index contributed by atoms with van der Waals surface area (Å²) in [5.41, 5.74) is 11.2. The van der Waals surface area contributed by atoms with Gasteiger partial charge in [0.15, 0.2) is 0 Å². The normalized spacial score (nSPS) is 16.1. The molecule has 5 heteroatoms. The van der Waals surface area contributed by atoms with Crippen LogP contribution < -0.4 is 10.6 Å². The molecular weight excluding hydrogens is 310 g/mol. The SMILES string of the molecule is CN1CCN(c2ccc(N)c(/C=C/c3n[nH]c4ccccc34)c2)CC1. The second-order valence-electron chi connectivity index (χ2n) is 6.59. The van der Waals surface area contributed by atoms with Crippen molar-refractivity contribution in [2.45, 2.75) is 0 Å². The van der Waals surface area contributed by atoms with Crippen molar-refractivity contribution in [2.75, 3.05) is 43.9 Å². The van der Waals surface area contributed by atoms with Gasteiger partial charge in [-0.15, -0.1) is 0 Å². The second-order valence-corrected chi connectivity index (χ2v) is 6.59. The van der Waals surface area contributed by atoms with E-state index < -0.39 is 0 Å². The summed E-state index contributed by atoms with van der Waals surface area (Å²) in [6, 6.07) is 14.4. The van der Waals surface area contributed by atoms with Crippen LogP contribution in [0.25, 0.3) is 23.1 Å². The predicted octanol–water partition coefficient (Wildman–Crippen LogP) is 3.07. The number of anilines is 2. The van der Waals surface area contributed by atoms with Gasteiger partial charge in [-0.2, -0.15) is 5.10 Å². The third-order valence-electron chi connectivity index (χ3n) is 4.86. The van der Waals surface area contributed by atoms with Crippen molar-refractivity contribution in [3.05, 3.63) is 53.7 Å². The molecule has 2 heterocycles. The Kier molecular flexibility index (Phi) is 4.15. The molecule has 1 saturated heterocycles. The monoisotopic (exact) mass is 333 g/mol. The summed E-state index contributed by atoms with van der Waals surface area (Å²) in [7, 11) is 2.17. The standard InChI is InChI=1S/C20H23N5/c1-24-10-12-25(13-11-24)16-7-8-18(21)15(14-16)6-9-20-17-4-2-3-5-19(17)22-23-20/h2-9,14H,10-13,21H2,1H3,(H,22,23)/b9-6+. The van der Waals surface area contributed by atoms with E-state index in [0.29, 0.717) is 0 Å². The Bertz CT molecular complexity index is 903. The zero-order valence-corrected chi connectivity index (χ0v) is 14.4. The van der Waals surface area contributed by atoms with Crippen LogP contribution in [0.5, 0.6) is 0 Å². The van der Waals surface area contributed by atoms with Gasteiger partial charge in [0.25, 0.3) is 0 Å². The van der Waals surface area contributed by atoms with E-state index in [1.807, 2.05) is 30.3 Å². The van der Waals surface area contributed by atoms with E-state index >= 15 is 0 Å². The number of para-hydroxylation sites is 1. The van der Waals surface area contributed by atoms with Gasteiger partial charge in [0.1, 0.15) is 0 Å². The number of nitrogens with zero attached hydrogens (tertiary/aromatic N) is 3. The summed E-state index contributed by atoms with van der Waals surface area (Å²) in [5.74, 6) is 0. The highest BCUT2D eigenvalue weighted by atomic mass is 15.2. The minimum Gasteiger partial charge on any atom is -0.398 e. The first-order chi connectivity index (χ1) is 12.2. The lowest BCUT2D eigenvalue weighted by Crippen LogP contribution is -2.44. The number of hydrogen-bond acceptors (Lipinski definition) is 4. The molecule has 1 aliphatic heterocycles. The molecule has 1 aliphatic rings. The van der Waals surface area contributed by atoms with E-state index in [1.165, 1.54) is 5.69 Å². The maximum absolute atomic E-state index is 6.19. The number of nitrogen functional groups attached to an aromatic ring is 1. The van der Waals surface area contributed by atoms with E-state index in [4.69, 9.17) is 5.73 Å². The quantitative estimate of drug-likeness (QED) is 0.723. The van der Waals surface area contributed by atoms with Crippen molar-refractivity contribution in [3.63, 3.8) is 0 Å². The van der Waals surface area contributed by atoms with Gasteiger partial charge >= 0.3 is 0 Å². The van der Waals surface area contributed by atoms with Crippen molar-refractivity contribution >= 4 is 34.4 Å². The molecule has 5 nitrogen and oxygen atoms in total. The number of likely N-dealkylation sites (N-methyl/N-ethyl adjacent to an activating group) is 1. The van der Waals surface area contributed by atoms with Crippen LogP contribution in [-0.4, -0.2) is 48.3 Å². The molecule has 0 saturated carbocycles. The average Bonchev–Trinajstić information content (AvgIpc) is 3.05. The molecule has 0 spiro atoms. The number of hydrogen-bond donors (Lipinski definition) is 2. The maximum atomic E-state index is 6.19. The summed E-state index contributed by atoms with van der Waals surface area (Å²) in [6.07, 6.45) is 4.08. The summed E-state index contributed by atoms with van der Waals surface area (Å²) >= 11 is 0. The van der Waals surface area contributed by atoms with Crippen LogP contribution in [0.4, 0.5) is 11.4 Å². The van der Waals surface area contributed by atoms with E-state index in [1.54, 1.807) is 0 Å². The lowest BCUT2D eigenvalue weighted by molar-refractivity contribution is 0.313. The summed E-state index contributed by atoms with van der Waals surface area (Å²) in [6.45, 7) is 4.28. The first-order valence-corrected chi connectivity index (χ1v) is 8.65. The summed E-state index contributed by atoms with van der Waals surface area (Å²) in [4.78, 5) is 4.78. The van der Waals surface area contributed by atoms with Gasteiger partial charge in [0.05, 0.1) is 11.2 Å². The maximum Gasteiger partial charge on any atom is 0.0927 e. The van der Waals surface area contributed by atoms with Crippen LogP contribution in [0.3, 0.4) is 0 Å². The Morgan fingerprint density at radius 3 is 2.68 bits per heavy atom. The molecule has 0 amide bonds. The number of benzene rings is 2. The van der Waals surface area contributed by atoms with E-state index in [-0.39, 0.29) is 0 Å². The molecule has 0 unspecified atom stereocenters. The number of nitrogens with one attached hydrogen (secondary N) is 1. The zero-order valence-electron chi connectivity index (χ0n) is 14.4. The molecule has 2 aromatic carbocycles. The first kappa shape index (κ1) is 15.7. The zero-order chi connectivity index (χ0) is 17.2. The predicted molar refractivity (Wildman–Crippen MR) is 106 cm³/mol. The average molecular weight is 333 g/mol. The number of aromatic amines is 1. The summed E-state index contributed by atoms with van der Waals surface area (Å²) in [5, 5.41) is 8.57. The van der Waals surface area contributed by atoms with E-state index in [2.05, 4.69) is 51.3 Å². The molecule has 4 rings (SSSR count). The van der Waals surface area contributed by atoms with Gasteiger partial charge in [-0.05, 0) is 43.0 Å². The fourth-order valence-electron chi connectivity index (χ4n) is 3.25. The van der Waals surface area contributed by atoms with Gasteiger partial charge in [0, 0.05) is 42.9 Å². The molecule has 25 heavy (non-hydrogen) atoms. The number of nitrogens with two attached hydrogens (primary N) is 1. The molecule has 128 valence electrons. The smallest absolute Gasteiger partial charge is 0.0927 e. The number of fused-ring (bicyclic) bond motifs is 1. The van der Waals surface area contributed by atoms with Gasteiger partial charge in [0.2, 0.25) is 0 Å². The Balaban J connectivity index is 1.60. The Morgan fingerprint density at radius 1 is 1.04 bits per heavy atom. The lowest BCUT2D eigenvalue weighted by Gasteiger charge is -2.34. The van der Waals surface area contributed by atoms with Crippen LogP contribution in [0.15, 0.2) is 42.5 Å². The highest BCUT2D eigenvalue weighted by Gasteiger charge is 2.14. The van der Waals surface area contributed by atoms with Crippen molar-refractivity contribution < 1.29 is 0 Å². The van der Waals surface area contributed by atoms with E-state index in [9.17, 15) is 0 Å². The van der Waals surface area contributed by atoms with Crippen LogP contribution in [0.1, 0.15) is 11.3 Å². The van der Waals surface area contributed by atoms with Crippen molar-refractivity contribution in [2.24, 2.45) is 0 Å². The largest absolute Gasteiger partial charge is 0.398 e. The Labute approximate surface area is 147 Å². The highest BCUT2D eigenvalue weighted by molar-refractivity contribution is 5.90. The minimum absolute atomic E-state index is 0.786. The number of rotatable bonds is 3. The third-order valence-corrected chi connectivity index (χ3v) is 4.86. The third kappa shape index (κ3) is 3.23. The molecular formula is C20H23N5. The molecule has 3 aromatic rings. The van der Waals surface area contributed by atoms with Crippen LogP contribution in [-0.2, 0) is 0 Å². The molecule has 0 bridgehead atoms. The van der Waals surface area contributed by atoms with Crippen molar-refractivity contribution in [1.82, 2.24) is 15.1 Å². The molecule has 0 aliphatic carbocycles. The Hall–Kier alpha value is -2.79. The highest BCUT2D eigenvalue weighted by Crippen LogP contribution is 2.25. The van der Waals surface area contributed by atoms with Crippen LogP contribution in [0.2, 0.25) is 0 Å². The first-order valence-electron chi connectivity index (χ1n) is 8.65. The minimum atomic E-state index is 0.786. The van der Waals surface area contributed by atoms with Crippen LogP contribution >= 0.6 is 0 Å². The molecule has 0 radical (unpaired) electrons. The van der Waals surface area contributed by atoms with E-state index in [0.717, 1.165) is 54.0 Å². The van der Waals surface area contributed by atoms with Crippen molar-refractivity contribution in [3.8, 4) is 0 Å². The topological polar surface area (TPSA) is 61.2 Å². The van der Waals surface area contributed by atoms with Crippen LogP contribution in [0, 0.1) is 0 Å². The van der Waals surface area contributed by atoms with Crippen molar-refractivity contribution in [1.29, 1.82) is 0 Å². The second kappa shape index (κ2) is 6.61. The molecule has 3 N–H and O–H groups in total.